The van der Waals surface area contributed by atoms with Gasteiger partial charge in [-0.25, -0.2) is 4.98 Å². The summed E-state index contributed by atoms with van der Waals surface area (Å²) in [6.45, 7) is 1.27. The molecule has 0 bridgehead atoms. The second-order valence-electron chi connectivity index (χ2n) is 5.91. The summed E-state index contributed by atoms with van der Waals surface area (Å²) in [5.74, 6) is 2.37. The van der Waals surface area contributed by atoms with Gasteiger partial charge >= 0.3 is 0 Å². The molecule has 0 amide bonds. The molecule has 1 aromatic carbocycles. The van der Waals surface area contributed by atoms with E-state index in [9.17, 15) is 0 Å². The first-order valence-corrected chi connectivity index (χ1v) is 8.98. The predicted molar refractivity (Wildman–Crippen MR) is 95.8 cm³/mol. The summed E-state index contributed by atoms with van der Waals surface area (Å²) in [5, 5.41) is 0.923. The Morgan fingerprint density at radius 2 is 2.16 bits per heavy atom. The minimum absolute atomic E-state index is 0.326. The van der Waals surface area contributed by atoms with Crippen molar-refractivity contribution in [3.8, 4) is 17.4 Å². The van der Waals surface area contributed by atoms with Crippen molar-refractivity contribution >= 4 is 16.7 Å². The van der Waals surface area contributed by atoms with Crippen molar-refractivity contribution in [2.45, 2.75) is 19.3 Å². The van der Waals surface area contributed by atoms with Gasteiger partial charge < -0.3 is 14.4 Å². The SMILES string of the molecule is CN(CCCCc1ccc2c(c1)OCO2)c1nc(-n2ccnc2)ns1. The molecule has 0 saturated carbocycles. The fourth-order valence-electron chi connectivity index (χ4n) is 2.72. The zero-order valence-corrected chi connectivity index (χ0v) is 14.8. The highest BCUT2D eigenvalue weighted by Crippen LogP contribution is 2.32. The molecule has 0 N–H and O–H groups in total. The molecule has 3 aromatic rings. The highest BCUT2D eigenvalue weighted by molar-refractivity contribution is 7.09. The first kappa shape index (κ1) is 15.9. The standard InChI is InChI=1S/C17H19N5O2S/c1-21(17-19-16(20-25-17)22-9-7-18-11-22)8-3-2-4-13-5-6-14-15(10-13)24-12-23-14/h5-7,9-11H,2-4,8,12H2,1H3. The summed E-state index contributed by atoms with van der Waals surface area (Å²) in [6.07, 6.45) is 8.50. The molecular formula is C17H19N5O2S. The summed E-state index contributed by atoms with van der Waals surface area (Å²) in [7, 11) is 2.05. The van der Waals surface area contributed by atoms with Crippen LogP contribution in [0.3, 0.4) is 0 Å². The summed E-state index contributed by atoms with van der Waals surface area (Å²) in [5.41, 5.74) is 1.28. The molecule has 0 unspecified atom stereocenters. The van der Waals surface area contributed by atoms with E-state index in [4.69, 9.17) is 9.47 Å². The zero-order valence-electron chi connectivity index (χ0n) is 14.0. The van der Waals surface area contributed by atoms with Crippen LogP contribution in [0.15, 0.2) is 36.9 Å². The van der Waals surface area contributed by atoms with Gasteiger partial charge in [-0.15, -0.1) is 0 Å². The third-order valence-electron chi connectivity index (χ3n) is 4.11. The lowest BCUT2D eigenvalue weighted by Gasteiger charge is -2.14. The van der Waals surface area contributed by atoms with E-state index in [1.165, 1.54) is 17.1 Å². The van der Waals surface area contributed by atoms with E-state index in [1.54, 1.807) is 12.5 Å². The lowest BCUT2D eigenvalue weighted by Crippen LogP contribution is -2.18. The maximum Gasteiger partial charge on any atom is 0.248 e. The van der Waals surface area contributed by atoms with Crippen LogP contribution in [0.1, 0.15) is 18.4 Å². The maximum atomic E-state index is 5.42. The van der Waals surface area contributed by atoms with Crippen molar-refractivity contribution < 1.29 is 9.47 Å². The molecule has 1 aliphatic heterocycles. The molecule has 0 saturated heterocycles. The first-order chi connectivity index (χ1) is 12.3. The molecule has 1 aliphatic rings. The Morgan fingerprint density at radius 1 is 1.24 bits per heavy atom. The van der Waals surface area contributed by atoms with Crippen LogP contribution in [-0.2, 0) is 6.42 Å². The summed E-state index contributed by atoms with van der Waals surface area (Å²) < 4.78 is 17.0. The van der Waals surface area contributed by atoms with Gasteiger partial charge in [0.15, 0.2) is 11.5 Å². The molecule has 130 valence electrons. The fraction of sp³-hybridized carbons (Fsp3) is 0.353. The minimum Gasteiger partial charge on any atom is -0.454 e. The number of fused-ring (bicyclic) bond motifs is 1. The van der Waals surface area contributed by atoms with E-state index in [-0.39, 0.29) is 0 Å². The van der Waals surface area contributed by atoms with Gasteiger partial charge in [0.2, 0.25) is 17.9 Å². The van der Waals surface area contributed by atoms with Crippen LogP contribution >= 0.6 is 11.5 Å². The van der Waals surface area contributed by atoms with E-state index < -0.39 is 0 Å². The molecule has 4 rings (SSSR count). The zero-order chi connectivity index (χ0) is 17.1. The average molecular weight is 357 g/mol. The number of anilines is 1. The lowest BCUT2D eigenvalue weighted by molar-refractivity contribution is 0.174. The lowest BCUT2D eigenvalue weighted by atomic mass is 10.1. The number of hydrogen-bond acceptors (Lipinski definition) is 7. The van der Waals surface area contributed by atoms with Crippen molar-refractivity contribution in [2.75, 3.05) is 25.3 Å². The third-order valence-corrected chi connectivity index (χ3v) is 4.93. The first-order valence-electron chi connectivity index (χ1n) is 8.21. The summed E-state index contributed by atoms with van der Waals surface area (Å²) in [6, 6.07) is 6.18. The Kier molecular flexibility index (Phi) is 4.51. The second-order valence-corrected chi connectivity index (χ2v) is 6.64. The van der Waals surface area contributed by atoms with Gasteiger partial charge in [-0.1, -0.05) is 6.07 Å². The van der Waals surface area contributed by atoms with Gasteiger partial charge in [0.05, 0.1) is 0 Å². The number of nitrogens with zero attached hydrogens (tertiary/aromatic N) is 5. The fourth-order valence-corrected chi connectivity index (χ4v) is 3.37. The number of rotatable bonds is 7. The smallest absolute Gasteiger partial charge is 0.248 e. The number of aromatic nitrogens is 4. The topological polar surface area (TPSA) is 65.3 Å². The van der Waals surface area contributed by atoms with Crippen molar-refractivity contribution in [1.82, 2.24) is 18.9 Å². The van der Waals surface area contributed by atoms with E-state index in [0.29, 0.717) is 12.7 Å². The molecule has 0 aliphatic carbocycles. The summed E-state index contributed by atoms with van der Waals surface area (Å²) >= 11 is 1.41. The normalized spacial score (nSPS) is 12.5. The number of imidazole rings is 1. The number of hydrogen-bond donors (Lipinski definition) is 0. The number of unbranched alkanes of at least 4 members (excludes halogenated alkanes) is 1. The minimum atomic E-state index is 0.326. The third kappa shape index (κ3) is 3.58. The largest absolute Gasteiger partial charge is 0.454 e. The van der Waals surface area contributed by atoms with Gasteiger partial charge in [-0.05, 0) is 37.0 Å². The van der Waals surface area contributed by atoms with Crippen LogP contribution in [0.5, 0.6) is 11.5 Å². The van der Waals surface area contributed by atoms with Gasteiger partial charge in [-0.2, -0.15) is 9.36 Å². The van der Waals surface area contributed by atoms with Crippen LogP contribution in [-0.4, -0.2) is 39.3 Å². The molecule has 0 fully saturated rings. The quantitative estimate of drug-likeness (QED) is 0.606. The second kappa shape index (κ2) is 7.10. The molecule has 8 heteroatoms. The van der Waals surface area contributed by atoms with Gasteiger partial charge in [-0.3, -0.25) is 4.57 Å². The Bertz CT molecular complexity index is 833. The monoisotopic (exact) mass is 357 g/mol. The maximum absolute atomic E-state index is 5.42. The Labute approximate surface area is 150 Å². The number of benzene rings is 1. The van der Waals surface area contributed by atoms with Gasteiger partial charge in [0, 0.05) is 37.5 Å². The van der Waals surface area contributed by atoms with E-state index in [1.807, 2.05) is 16.8 Å². The van der Waals surface area contributed by atoms with Crippen molar-refractivity contribution in [3.63, 3.8) is 0 Å². The molecule has 0 atom stereocenters. The van der Waals surface area contributed by atoms with Crippen LogP contribution in [0.4, 0.5) is 5.13 Å². The van der Waals surface area contributed by atoms with Crippen molar-refractivity contribution in [3.05, 3.63) is 42.5 Å². The Morgan fingerprint density at radius 3 is 3.04 bits per heavy atom. The van der Waals surface area contributed by atoms with E-state index in [2.05, 4.69) is 38.4 Å². The van der Waals surface area contributed by atoms with E-state index >= 15 is 0 Å². The molecular weight excluding hydrogens is 338 g/mol. The van der Waals surface area contributed by atoms with Gasteiger partial charge in [0.25, 0.3) is 0 Å². The predicted octanol–water partition coefficient (Wildman–Crippen LogP) is 2.91. The summed E-state index contributed by atoms with van der Waals surface area (Å²) in [4.78, 5) is 10.7. The Hall–Kier alpha value is -2.61. The van der Waals surface area contributed by atoms with Crippen LogP contribution in [0.2, 0.25) is 0 Å². The highest BCUT2D eigenvalue weighted by Gasteiger charge is 2.13. The highest BCUT2D eigenvalue weighted by atomic mass is 32.1. The Balaban J connectivity index is 1.26. The molecule has 25 heavy (non-hydrogen) atoms. The van der Waals surface area contributed by atoms with Crippen molar-refractivity contribution in [1.29, 1.82) is 0 Å². The molecule has 2 aromatic heterocycles. The van der Waals surface area contributed by atoms with Crippen LogP contribution in [0, 0.1) is 0 Å². The van der Waals surface area contributed by atoms with E-state index in [0.717, 1.165) is 42.4 Å². The van der Waals surface area contributed by atoms with Crippen LogP contribution in [0.25, 0.3) is 5.95 Å². The average Bonchev–Trinajstić information content (AvgIpc) is 3.38. The van der Waals surface area contributed by atoms with Gasteiger partial charge in [0.1, 0.15) is 6.33 Å². The van der Waals surface area contributed by atoms with Crippen LogP contribution < -0.4 is 14.4 Å². The van der Waals surface area contributed by atoms with Crippen molar-refractivity contribution in [2.24, 2.45) is 0 Å². The molecule has 3 heterocycles. The number of aryl methyl sites for hydroxylation is 1. The molecule has 0 radical (unpaired) electrons. The number of ether oxygens (including phenoxy) is 2. The molecule has 0 spiro atoms. The molecule has 7 nitrogen and oxygen atoms in total.